The first-order chi connectivity index (χ1) is 12.2. The van der Waals surface area contributed by atoms with Gasteiger partial charge in [0.1, 0.15) is 17.1 Å². The predicted molar refractivity (Wildman–Crippen MR) is 97.3 cm³/mol. The molecular formula is C20H19NO4. The van der Waals surface area contributed by atoms with Crippen LogP contribution < -0.4 is 10.1 Å². The number of carbonyl (C=O) groups is 1. The second kappa shape index (κ2) is 9.04. The van der Waals surface area contributed by atoms with E-state index in [4.69, 9.17) is 20.6 Å². The summed E-state index contributed by atoms with van der Waals surface area (Å²) in [6.45, 7) is 0.420. The van der Waals surface area contributed by atoms with Crippen LogP contribution in [0.1, 0.15) is 5.56 Å². The summed E-state index contributed by atoms with van der Waals surface area (Å²) in [7, 11) is 2.78. The third-order valence-electron chi connectivity index (χ3n) is 3.27. The van der Waals surface area contributed by atoms with Gasteiger partial charge in [-0.2, -0.15) is 0 Å². The van der Waals surface area contributed by atoms with E-state index >= 15 is 0 Å². The molecule has 25 heavy (non-hydrogen) atoms. The Balaban J connectivity index is 2.34. The molecule has 0 heterocycles. The van der Waals surface area contributed by atoms with E-state index in [1.807, 2.05) is 30.3 Å². The number of methoxy groups -OCH3 is 2. The Morgan fingerprint density at radius 3 is 2.72 bits per heavy atom. The van der Waals surface area contributed by atoms with Crippen molar-refractivity contribution in [2.75, 3.05) is 26.1 Å². The van der Waals surface area contributed by atoms with Crippen LogP contribution in [-0.4, -0.2) is 26.7 Å². The van der Waals surface area contributed by atoms with Crippen LogP contribution in [0.25, 0.3) is 5.57 Å². The predicted octanol–water partition coefficient (Wildman–Crippen LogP) is 3.68. The zero-order chi connectivity index (χ0) is 18.1. The quantitative estimate of drug-likeness (QED) is 0.361. The minimum absolute atomic E-state index is 0.266. The summed E-state index contributed by atoms with van der Waals surface area (Å²) in [4.78, 5) is 12.0. The number of hydrogen-bond acceptors (Lipinski definition) is 5. The lowest BCUT2D eigenvalue weighted by atomic mass is 10.1. The fraction of sp³-hybridized carbons (Fsp3) is 0.150. The van der Waals surface area contributed by atoms with Crippen LogP contribution >= 0.6 is 0 Å². The fourth-order valence-electron chi connectivity index (χ4n) is 2.18. The molecule has 0 spiro atoms. The lowest BCUT2D eigenvalue weighted by molar-refractivity contribution is -0.133. The molecular weight excluding hydrogens is 318 g/mol. The average molecular weight is 337 g/mol. The highest BCUT2D eigenvalue weighted by atomic mass is 16.5. The Kier molecular flexibility index (Phi) is 6.49. The molecule has 0 aliphatic rings. The number of terminal acetylenes is 1. The Bertz CT molecular complexity index is 805. The van der Waals surface area contributed by atoms with Crippen molar-refractivity contribution in [3.8, 4) is 23.8 Å². The second-order valence-electron chi connectivity index (χ2n) is 4.94. The van der Waals surface area contributed by atoms with Crippen LogP contribution in [0.2, 0.25) is 0 Å². The van der Waals surface area contributed by atoms with Crippen molar-refractivity contribution in [3.63, 3.8) is 0 Å². The fourth-order valence-corrected chi connectivity index (χ4v) is 2.18. The minimum atomic E-state index is -0.512. The number of para-hydroxylation sites is 1. The maximum Gasteiger partial charge on any atom is 0.341 e. The third-order valence-corrected chi connectivity index (χ3v) is 3.27. The number of esters is 1. The molecule has 128 valence electrons. The van der Waals surface area contributed by atoms with Gasteiger partial charge in [0.2, 0.25) is 0 Å². The smallest absolute Gasteiger partial charge is 0.341 e. The van der Waals surface area contributed by atoms with Crippen molar-refractivity contribution in [2.24, 2.45) is 0 Å². The Hall–Kier alpha value is -3.39. The van der Waals surface area contributed by atoms with Crippen LogP contribution in [0.15, 0.2) is 54.8 Å². The van der Waals surface area contributed by atoms with E-state index < -0.39 is 5.97 Å². The molecule has 0 saturated heterocycles. The first-order valence-corrected chi connectivity index (χ1v) is 7.55. The largest absolute Gasteiger partial charge is 0.503 e. The van der Waals surface area contributed by atoms with Gasteiger partial charge >= 0.3 is 5.97 Å². The van der Waals surface area contributed by atoms with E-state index in [0.717, 1.165) is 5.69 Å². The lowest BCUT2D eigenvalue weighted by Crippen LogP contribution is -2.05. The van der Waals surface area contributed by atoms with Crippen molar-refractivity contribution >= 4 is 17.2 Å². The monoisotopic (exact) mass is 337 g/mol. The van der Waals surface area contributed by atoms with Crippen LogP contribution in [0.4, 0.5) is 5.69 Å². The van der Waals surface area contributed by atoms with Crippen molar-refractivity contribution in [1.29, 1.82) is 0 Å². The van der Waals surface area contributed by atoms with Gasteiger partial charge in [0, 0.05) is 17.3 Å². The maximum absolute atomic E-state index is 12.0. The molecule has 0 unspecified atom stereocenters. The standard InChI is InChI=1S/C20H19NO4/c1-4-12-21-15-8-7-9-16(13-15)25-19-11-6-5-10-17(19)18(14-23-2)20(22)24-3/h1,5-11,13-14,21H,12H2,2-3H3/b18-14+. The molecule has 0 fully saturated rings. The van der Waals surface area contributed by atoms with Crippen LogP contribution in [-0.2, 0) is 14.3 Å². The first kappa shape index (κ1) is 18.0. The van der Waals surface area contributed by atoms with E-state index in [1.165, 1.54) is 20.5 Å². The van der Waals surface area contributed by atoms with E-state index in [9.17, 15) is 4.79 Å². The van der Waals surface area contributed by atoms with Gasteiger partial charge in [-0.25, -0.2) is 4.79 Å². The molecule has 0 aliphatic carbocycles. The van der Waals surface area contributed by atoms with E-state index in [2.05, 4.69) is 11.2 Å². The van der Waals surface area contributed by atoms with Crippen molar-refractivity contribution in [3.05, 3.63) is 60.4 Å². The summed E-state index contributed by atoms with van der Waals surface area (Å²) in [6.07, 6.45) is 6.59. The molecule has 2 rings (SSSR count). The number of nitrogens with one attached hydrogen (secondary N) is 1. The minimum Gasteiger partial charge on any atom is -0.503 e. The number of hydrogen-bond donors (Lipinski definition) is 1. The zero-order valence-electron chi connectivity index (χ0n) is 14.1. The second-order valence-corrected chi connectivity index (χ2v) is 4.94. The summed E-state index contributed by atoms with van der Waals surface area (Å²) < 4.78 is 15.8. The van der Waals surface area contributed by atoms with Gasteiger partial charge in [-0.3, -0.25) is 0 Å². The number of carbonyl (C=O) groups excluding carboxylic acids is 1. The van der Waals surface area contributed by atoms with Crippen LogP contribution in [0.5, 0.6) is 11.5 Å². The first-order valence-electron chi connectivity index (χ1n) is 7.55. The SMILES string of the molecule is C#CCNc1cccc(Oc2ccccc2/C(=C\OC)C(=O)OC)c1. The van der Waals surface area contributed by atoms with Gasteiger partial charge in [-0.15, -0.1) is 6.42 Å². The average Bonchev–Trinajstić information content (AvgIpc) is 2.65. The summed E-state index contributed by atoms with van der Waals surface area (Å²) in [5.41, 5.74) is 1.67. The molecule has 2 aromatic rings. The highest BCUT2D eigenvalue weighted by Gasteiger charge is 2.18. The number of rotatable bonds is 7. The molecule has 0 bridgehead atoms. The van der Waals surface area contributed by atoms with E-state index in [0.29, 0.717) is 23.6 Å². The molecule has 0 amide bonds. The summed E-state index contributed by atoms with van der Waals surface area (Å²) in [6, 6.07) is 14.5. The van der Waals surface area contributed by atoms with Crippen LogP contribution in [0, 0.1) is 12.3 Å². The summed E-state index contributed by atoms with van der Waals surface area (Å²) in [5, 5.41) is 3.08. The van der Waals surface area contributed by atoms with Gasteiger partial charge in [0.05, 0.1) is 27.0 Å². The Morgan fingerprint density at radius 1 is 1.20 bits per heavy atom. The van der Waals surface area contributed by atoms with Crippen molar-refractivity contribution in [1.82, 2.24) is 0 Å². The van der Waals surface area contributed by atoms with Crippen molar-refractivity contribution in [2.45, 2.75) is 0 Å². The Labute approximate surface area is 147 Å². The molecule has 2 aromatic carbocycles. The molecule has 0 radical (unpaired) electrons. The Morgan fingerprint density at radius 2 is 2.00 bits per heavy atom. The number of ether oxygens (including phenoxy) is 3. The maximum atomic E-state index is 12.0. The summed E-state index contributed by atoms with van der Waals surface area (Å²) in [5.74, 6) is 3.12. The van der Waals surface area contributed by atoms with E-state index in [-0.39, 0.29) is 5.57 Å². The van der Waals surface area contributed by atoms with Gasteiger partial charge in [-0.1, -0.05) is 30.2 Å². The number of anilines is 1. The van der Waals surface area contributed by atoms with Gasteiger partial charge in [0.25, 0.3) is 0 Å². The van der Waals surface area contributed by atoms with Gasteiger partial charge in [0.15, 0.2) is 0 Å². The molecule has 0 saturated carbocycles. The number of benzene rings is 2. The van der Waals surface area contributed by atoms with Gasteiger partial charge in [-0.05, 0) is 18.2 Å². The lowest BCUT2D eigenvalue weighted by Gasteiger charge is -2.13. The normalized spacial score (nSPS) is 10.5. The highest BCUT2D eigenvalue weighted by Crippen LogP contribution is 2.31. The molecule has 0 atom stereocenters. The van der Waals surface area contributed by atoms with Crippen LogP contribution in [0.3, 0.4) is 0 Å². The van der Waals surface area contributed by atoms with Crippen molar-refractivity contribution < 1.29 is 19.0 Å². The topological polar surface area (TPSA) is 56.8 Å². The van der Waals surface area contributed by atoms with Gasteiger partial charge < -0.3 is 19.5 Å². The zero-order valence-corrected chi connectivity index (χ0v) is 14.1. The molecule has 0 aliphatic heterocycles. The molecule has 1 N–H and O–H groups in total. The van der Waals surface area contributed by atoms with E-state index in [1.54, 1.807) is 18.2 Å². The molecule has 5 nitrogen and oxygen atoms in total. The highest BCUT2D eigenvalue weighted by molar-refractivity contribution is 6.17. The third kappa shape index (κ3) is 4.79. The summed E-state index contributed by atoms with van der Waals surface area (Å²) >= 11 is 0. The molecule has 5 heteroatoms. The molecule has 0 aromatic heterocycles.